The SMILES string of the molecule is CCCC(N)c1ncc(-c2cccnc2)[nH]1. The van der Waals surface area contributed by atoms with E-state index in [1.54, 1.807) is 6.20 Å². The molecule has 4 nitrogen and oxygen atoms in total. The first kappa shape index (κ1) is 10.8. The van der Waals surface area contributed by atoms with Gasteiger partial charge in [0.2, 0.25) is 0 Å². The predicted molar refractivity (Wildman–Crippen MR) is 63.7 cm³/mol. The van der Waals surface area contributed by atoms with Crippen molar-refractivity contribution in [1.29, 1.82) is 0 Å². The zero-order valence-corrected chi connectivity index (χ0v) is 9.35. The second-order valence-electron chi connectivity index (χ2n) is 3.82. The van der Waals surface area contributed by atoms with Crippen molar-refractivity contribution in [1.82, 2.24) is 15.0 Å². The molecular formula is C12H16N4. The molecule has 1 unspecified atom stereocenters. The number of pyridine rings is 1. The molecule has 4 heteroatoms. The number of H-pyrrole nitrogens is 1. The van der Waals surface area contributed by atoms with Gasteiger partial charge < -0.3 is 10.7 Å². The van der Waals surface area contributed by atoms with E-state index in [0.717, 1.165) is 29.9 Å². The van der Waals surface area contributed by atoms with Crippen LogP contribution in [0.1, 0.15) is 31.6 Å². The molecule has 0 aliphatic rings. The maximum Gasteiger partial charge on any atom is 0.123 e. The Balaban J connectivity index is 2.20. The Kier molecular flexibility index (Phi) is 3.31. The van der Waals surface area contributed by atoms with Crippen LogP contribution in [0.25, 0.3) is 11.3 Å². The Morgan fingerprint density at radius 2 is 2.31 bits per heavy atom. The molecule has 0 bridgehead atoms. The molecule has 0 saturated carbocycles. The minimum Gasteiger partial charge on any atom is -0.341 e. The smallest absolute Gasteiger partial charge is 0.123 e. The van der Waals surface area contributed by atoms with Crippen LogP contribution in [-0.4, -0.2) is 15.0 Å². The Morgan fingerprint density at radius 1 is 1.44 bits per heavy atom. The number of aromatic amines is 1. The van der Waals surface area contributed by atoms with Crippen LogP contribution in [0, 0.1) is 0 Å². The average molecular weight is 216 g/mol. The van der Waals surface area contributed by atoms with Crippen molar-refractivity contribution in [2.24, 2.45) is 5.73 Å². The lowest BCUT2D eigenvalue weighted by Crippen LogP contribution is -2.11. The molecule has 2 heterocycles. The number of nitrogens with two attached hydrogens (primary N) is 1. The van der Waals surface area contributed by atoms with E-state index in [1.807, 2.05) is 24.5 Å². The van der Waals surface area contributed by atoms with Gasteiger partial charge >= 0.3 is 0 Å². The lowest BCUT2D eigenvalue weighted by molar-refractivity contribution is 0.609. The van der Waals surface area contributed by atoms with Crippen LogP contribution in [-0.2, 0) is 0 Å². The normalized spacial score (nSPS) is 12.6. The van der Waals surface area contributed by atoms with E-state index in [1.165, 1.54) is 0 Å². The summed E-state index contributed by atoms with van der Waals surface area (Å²) in [6, 6.07) is 3.90. The van der Waals surface area contributed by atoms with Crippen LogP contribution in [0.2, 0.25) is 0 Å². The molecule has 2 aromatic heterocycles. The molecule has 0 fully saturated rings. The first-order chi connectivity index (χ1) is 7.81. The highest BCUT2D eigenvalue weighted by Crippen LogP contribution is 2.18. The van der Waals surface area contributed by atoms with E-state index in [0.29, 0.717) is 0 Å². The summed E-state index contributed by atoms with van der Waals surface area (Å²) >= 11 is 0. The summed E-state index contributed by atoms with van der Waals surface area (Å²) in [5.41, 5.74) is 7.99. The number of nitrogens with one attached hydrogen (secondary N) is 1. The highest BCUT2D eigenvalue weighted by molar-refractivity contribution is 5.56. The largest absolute Gasteiger partial charge is 0.341 e. The van der Waals surface area contributed by atoms with Gasteiger partial charge in [0.25, 0.3) is 0 Å². The number of hydrogen-bond donors (Lipinski definition) is 2. The molecule has 84 valence electrons. The van der Waals surface area contributed by atoms with Crippen LogP contribution in [0.3, 0.4) is 0 Å². The molecule has 0 aliphatic carbocycles. The Morgan fingerprint density at radius 3 is 3.00 bits per heavy atom. The third-order valence-electron chi connectivity index (χ3n) is 2.52. The highest BCUT2D eigenvalue weighted by atomic mass is 15.0. The van der Waals surface area contributed by atoms with Crippen molar-refractivity contribution < 1.29 is 0 Å². The molecule has 0 aromatic carbocycles. The Labute approximate surface area is 94.9 Å². The summed E-state index contributed by atoms with van der Waals surface area (Å²) in [6.45, 7) is 2.12. The molecule has 2 aromatic rings. The molecule has 16 heavy (non-hydrogen) atoms. The second kappa shape index (κ2) is 4.90. The van der Waals surface area contributed by atoms with Gasteiger partial charge in [-0.05, 0) is 18.6 Å². The van der Waals surface area contributed by atoms with Gasteiger partial charge in [0.1, 0.15) is 5.82 Å². The lowest BCUT2D eigenvalue weighted by atomic mass is 10.2. The third kappa shape index (κ3) is 2.28. The number of aromatic nitrogens is 3. The fourth-order valence-electron chi connectivity index (χ4n) is 1.64. The molecule has 0 aliphatic heterocycles. The standard InChI is InChI=1S/C12H16N4/c1-2-4-10(13)12-15-8-11(16-12)9-5-3-6-14-7-9/h3,5-8,10H,2,4,13H2,1H3,(H,15,16). The van der Waals surface area contributed by atoms with Gasteiger partial charge in [-0.25, -0.2) is 4.98 Å². The minimum absolute atomic E-state index is 0.00424. The maximum absolute atomic E-state index is 5.99. The van der Waals surface area contributed by atoms with Crippen molar-refractivity contribution in [2.45, 2.75) is 25.8 Å². The van der Waals surface area contributed by atoms with Gasteiger partial charge in [0.15, 0.2) is 0 Å². The van der Waals surface area contributed by atoms with E-state index in [9.17, 15) is 0 Å². The van der Waals surface area contributed by atoms with E-state index in [2.05, 4.69) is 21.9 Å². The van der Waals surface area contributed by atoms with Crippen LogP contribution in [0.15, 0.2) is 30.7 Å². The van der Waals surface area contributed by atoms with Gasteiger partial charge in [-0.3, -0.25) is 4.98 Å². The van der Waals surface area contributed by atoms with Crippen molar-refractivity contribution in [3.05, 3.63) is 36.5 Å². The molecule has 0 radical (unpaired) electrons. The first-order valence-corrected chi connectivity index (χ1v) is 5.52. The summed E-state index contributed by atoms with van der Waals surface area (Å²) < 4.78 is 0. The average Bonchev–Trinajstić information content (AvgIpc) is 2.80. The summed E-state index contributed by atoms with van der Waals surface area (Å²) in [4.78, 5) is 11.6. The van der Waals surface area contributed by atoms with Crippen molar-refractivity contribution in [3.8, 4) is 11.3 Å². The predicted octanol–water partition coefficient (Wildman–Crippen LogP) is 2.27. The van der Waals surface area contributed by atoms with E-state index in [-0.39, 0.29) is 6.04 Å². The third-order valence-corrected chi connectivity index (χ3v) is 2.52. The van der Waals surface area contributed by atoms with E-state index < -0.39 is 0 Å². The van der Waals surface area contributed by atoms with Crippen molar-refractivity contribution in [3.63, 3.8) is 0 Å². The summed E-state index contributed by atoms with van der Waals surface area (Å²) in [5.74, 6) is 0.848. The first-order valence-electron chi connectivity index (χ1n) is 5.52. The van der Waals surface area contributed by atoms with Gasteiger partial charge in [0, 0.05) is 18.0 Å². The van der Waals surface area contributed by atoms with Crippen LogP contribution in [0.5, 0.6) is 0 Å². The highest BCUT2D eigenvalue weighted by Gasteiger charge is 2.09. The fraction of sp³-hybridized carbons (Fsp3) is 0.333. The van der Waals surface area contributed by atoms with Crippen molar-refractivity contribution >= 4 is 0 Å². The number of rotatable bonds is 4. The number of imidazole rings is 1. The lowest BCUT2D eigenvalue weighted by Gasteiger charge is -2.05. The molecule has 3 N–H and O–H groups in total. The molecule has 2 rings (SSSR count). The van der Waals surface area contributed by atoms with Crippen LogP contribution < -0.4 is 5.73 Å². The molecule has 0 spiro atoms. The molecule has 0 saturated heterocycles. The molecular weight excluding hydrogens is 200 g/mol. The van der Waals surface area contributed by atoms with Gasteiger partial charge in [0.05, 0.1) is 17.9 Å². The van der Waals surface area contributed by atoms with E-state index >= 15 is 0 Å². The second-order valence-corrected chi connectivity index (χ2v) is 3.82. The Bertz CT molecular complexity index is 435. The topological polar surface area (TPSA) is 67.6 Å². The monoisotopic (exact) mass is 216 g/mol. The molecule has 1 atom stereocenters. The number of nitrogens with zero attached hydrogens (tertiary/aromatic N) is 2. The van der Waals surface area contributed by atoms with Crippen LogP contribution >= 0.6 is 0 Å². The number of hydrogen-bond acceptors (Lipinski definition) is 3. The zero-order valence-electron chi connectivity index (χ0n) is 9.35. The van der Waals surface area contributed by atoms with Gasteiger partial charge in [-0.1, -0.05) is 13.3 Å². The molecule has 0 amide bonds. The zero-order chi connectivity index (χ0) is 11.4. The maximum atomic E-state index is 5.99. The van der Waals surface area contributed by atoms with Crippen molar-refractivity contribution in [2.75, 3.05) is 0 Å². The van der Waals surface area contributed by atoms with E-state index in [4.69, 9.17) is 5.73 Å². The Hall–Kier alpha value is -1.68. The quantitative estimate of drug-likeness (QED) is 0.823. The van der Waals surface area contributed by atoms with Gasteiger partial charge in [-0.2, -0.15) is 0 Å². The summed E-state index contributed by atoms with van der Waals surface area (Å²) in [5, 5.41) is 0. The summed E-state index contributed by atoms with van der Waals surface area (Å²) in [7, 11) is 0. The minimum atomic E-state index is -0.00424. The summed E-state index contributed by atoms with van der Waals surface area (Å²) in [6.07, 6.45) is 7.37. The fourth-order valence-corrected chi connectivity index (χ4v) is 1.64. The van der Waals surface area contributed by atoms with Crippen LogP contribution in [0.4, 0.5) is 0 Å². The van der Waals surface area contributed by atoms with Gasteiger partial charge in [-0.15, -0.1) is 0 Å².